The number of hydroxylamine groups is 2. The number of nitrogens with one attached hydrogen (secondary N) is 2. The van der Waals surface area contributed by atoms with E-state index in [0.717, 1.165) is 51.1 Å². The van der Waals surface area contributed by atoms with E-state index >= 15 is 0 Å². The predicted molar refractivity (Wildman–Crippen MR) is 118 cm³/mol. The van der Waals surface area contributed by atoms with E-state index in [1.54, 1.807) is 7.11 Å². The van der Waals surface area contributed by atoms with Crippen LogP contribution in [-0.4, -0.2) is 36.4 Å². The quantitative estimate of drug-likeness (QED) is 0.637. The monoisotopic (exact) mass is 425 g/mol. The fourth-order valence-corrected chi connectivity index (χ4v) is 7.44. The molecule has 3 heterocycles. The first-order chi connectivity index (χ1) is 14.8. The number of nitrogens with zero attached hydrogens (tertiary/aromatic N) is 1. The summed E-state index contributed by atoms with van der Waals surface area (Å²) in [5.41, 5.74) is 5.07. The van der Waals surface area contributed by atoms with E-state index in [9.17, 15) is 0 Å². The maximum atomic E-state index is 6.80. The summed E-state index contributed by atoms with van der Waals surface area (Å²) in [6.45, 7) is 2.42. The molecule has 1 fully saturated rings. The third-order valence-corrected chi connectivity index (χ3v) is 8.85. The predicted octanol–water partition coefficient (Wildman–Crippen LogP) is 4.40. The Kier molecular flexibility index (Phi) is 4.54. The van der Waals surface area contributed by atoms with E-state index in [4.69, 9.17) is 13.2 Å². The molecule has 1 aromatic heterocycles. The van der Waals surface area contributed by atoms with Gasteiger partial charge < -0.3 is 9.72 Å². The zero-order chi connectivity index (χ0) is 20.1. The van der Waals surface area contributed by atoms with E-state index < -0.39 is 10.8 Å². The summed E-state index contributed by atoms with van der Waals surface area (Å²) in [5.74, 6) is 0.961. The minimum atomic E-state index is -1.97. The van der Waals surface area contributed by atoms with E-state index in [1.807, 2.05) is 0 Å². The van der Waals surface area contributed by atoms with Crippen LogP contribution in [0.2, 0.25) is 0 Å². The summed E-state index contributed by atoms with van der Waals surface area (Å²) in [6.07, 6.45) is 6.11. The van der Waals surface area contributed by atoms with Gasteiger partial charge in [-0.25, -0.2) is 4.72 Å². The molecule has 1 aliphatic carbocycles. The van der Waals surface area contributed by atoms with Gasteiger partial charge in [-0.2, -0.15) is 9.35 Å². The first kappa shape index (κ1) is 18.7. The van der Waals surface area contributed by atoms with Crippen LogP contribution < -0.4 is 9.46 Å². The average Bonchev–Trinajstić information content (AvgIpc) is 3.34. The van der Waals surface area contributed by atoms with Crippen molar-refractivity contribution in [2.45, 2.75) is 43.2 Å². The van der Waals surface area contributed by atoms with Crippen LogP contribution in [-0.2, 0) is 27.9 Å². The van der Waals surface area contributed by atoms with Crippen molar-refractivity contribution in [3.05, 3.63) is 59.3 Å². The Bertz CT molecular complexity index is 1100. The molecule has 2 N–H and O–H groups in total. The van der Waals surface area contributed by atoms with Crippen LogP contribution in [0.1, 0.15) is 29.5 Å². The number of rotatable bonds is 2. The lowest BCUT2D eigenvalue weighted by molar-refractivity contribution is -0.101. The van der Waals surface area contributed by atoms with E-state index in [1.165, 1.54) is 32.5 Å². The smallest absolute Gasteiger partial charge is 0.122 e. The Morgan fingerprint density at radius 2 is 2.03 bits per heavy atom. The lowest BCUT2D eigenvalue weighted by Gasteiger charge is -2.46. The molecular weight excluding hydrogens is 398 g/mol. The van der Waals surface area contributed by atoms with Crippen molar-refractivity contribution in [1.29, 1.82) is 0 Å². The van der Waals surface area contributed by atoms with Gasteiger partial charge in [-0.3, -0.25) is 4.18 Å². The largest absolute Gasteiger partial charge is 0.496 e. The summed E-state index contributed by atoms with van der Waals surface area (Å²) >= 11 is 0. The maximum absolute atomic E-state index is 6.80. The van der Waals surface area contributed by atoms with Crippen LogP contribution in [0.15, 0.2) is 47.5 Å². The van der Waals surface area contributed by atoms with E-state index in [-0.39, 0.29) is 6.04 Å². The molecule has 2 aliphatic heterocycles. The molecule has 30 heavy (non-hydrogen) atoms. The molecule has 3 aromatic rings. The molecule has 3 aliphatic rings. The zero-order valence-electron chi connectivity index (χ0n) is 17.1. The minimum absolute atomic E-state index is 0.244. The first-order valence-electron chi connectivity index (χ1n) is 10.7. The van der Waals surface area contributed by atoms with E-state index in [2.05, 4.69) is 57.4 Å². The molecule has 0 bridgehead atoms. The molecule has 6 rings (SSSR count). The third kappa shape index (κ3) is 2.88. The molecule has 0 amide bonds. The second-order valence-corrected chi connectivity index (χ2v) is 10.3. The Labute approximate surface area is 178 Å². The Balaban J connectivity index is 1.36. The lowest BCUT2D eigenvalue weighted by atomic mass is 9.88. The number of ether oxygens (including phenoxy) is 1. The topological polar surface area (TPSA) is 58.8 Å². The summed E-state index contributed by atoms with van der Waals surface area (Å²) in [7, 11) is -0.218. The Morgan fingerprint density at radius 1 is 1.10 bits per heavy atom. The minimum Gasteiger partial charge on any atom is -0.496 e. The average molecular weight is 426 g/mol. The third-order valence-electron chi connectivity index (χ3n) is 6.45. The molecule has 6 nitrogen and oxygen atoms in total. The summed E-state index contributed by atoms with van der Waals surface area (Å²) < 4.78 is 22.5. The van der Waals surface area contributed by atoms with E-state index in [0.29, 0.717) is 0 Å². The number of hydrogen-bond donors (Lipinski definition) is 2. The molecule has 158 valence electrons. The van der Waals surface area contributed by atoms with Crippen molar-refractivity contribution in [3.8, 4) is 5.75 Å². The molecule has 1 saturated heterocycles. The fourth-order valence-electron chi connectivity index (χ4n) is 4.99. The second kappa shape index (κ2) is 7.28. The highest BCUT2D eigenvalue weighted by atomic mass is 32.3. The highest BCUT2D eigenvalue weighted by Crippen LogP contribution is 2.60. The van der Waals surface area contributed by atoms with Gasteiger partial charge in [0.1, 0.15) is 5.75 Å². The normalized spacial score (nSPS) is 28.6. The Morgan fingerprint density at radius 3 is 2.97 bits per heavy atom. The maximum Gasteiger partial charge on any atom is 0.122 e. The van der Waals surface area contributed by atoms with Crippen LogP contribution in [0, 0.1) is 0 Å². The van der Waals surface area contributed by atoms with Crippen LogP contribution in [0.5, 0.6) is 5.75 Å². The number of benzene rings is 2. The van der Waals surface area contributed by atoms with Gasteiger partial charge >= 0.3 is 0 Å². The van der Waals surface area contributed by atoms with Crippen molar-refractivity contribution < 1.29 is 13.2 Å². The number of H-pyrrole nitrogens is 1. The van der Waals surface area contributed by atoms with Gasteiger partial charge in [0.2, 0.25) is 0 Å². The number of methoxy groups -OCH3 is 1. The molecule has 2 atom stereocenters. The Hall–Kier alpha value is -2.03. The SMILES string of the molecule is COc1ccc2[nH]cc3c2c1CC(N1CCCCOS2(NCc4ccccc42)O1)C3. The van der Waals surface area contributed by atoms with Gasteiger partial charge in [-0.15, -0.1) is 0 Å². The van der Waals surface area contributed by atoms with Crippen LogP contribution >= 0.6 is 10.8 Å². The summed E-state index contributed by atoms with van der Waals surface area (Å²) in [5, 5.41) is 3.53. The fraction of sp³-hybridized carbons (Fsp3) is 0.391. The van der Waals surface area contributed by atoms with Crippen molar-refractivity contribution in [2.75, 3.05) is 20.3 Å². The highest BCUT2D eigenvalue weighted by Gasteiger charge is 2.39. The number of fused-ring (bicyclic) bond motifs is 2. The van der Waals surface area contributed by atoms with Gasteiger partial charge in [0.25, 0.3) is 0 Å². The van der Waals surface area contributed by atoms with Crippen LogP contribution in [0.4, 0.5) is 0 Å². The van der Waals surface area contributed by atoms with Crippen LogP contribution in [0.3, 0.4) is 0 Å². The number of aromatic amines is 1. The molecule has 2 unspecified atom stereocenters. The van der Waals surface area contributed by atoms with Crippen LogP contribution in [0.25, 0.3) is 10.9 Å². The summed E-state index contributed by atoms with van der Waals surface area (Å²) in [6, 6.07) is 12.9. The number of aromatic nitrogens is 1. The zero-order valence-corrected chi connectivity index (χ0v) is 18.0. The molecule has 0 radical (unpaired) electrons. The van der Waals surface area contributed by atoms with Gasteiger partial charge in [0, 0.05) is 41.8 Å². The van der Waals surface area contributed by atoms with Gasteiger partial charge in [0.15, 0.2) is 0 Å². The second-order valence-electron chi connectivity index (χ2n) is 8.22. The van der Waals surface area contributed by atoms with Gasteiger partial charge in [0.05, 0.1) is 18.6 Å². The molecule has 2 aromatic carbocycles. The van der Waals surface area contributed by atoms with Crippen molar-refractivity contribution >= 4 is 21.7 Å². The molecule has 7 heteroatoms. The first-order valence-corrected chi connectivity index (χ1v) is 12.2. The highest BCUT2D eigenvalue weighted by molar-refractivity contribution is 8.24. The molecule has 1 spiro atoms. The van der Waals surface area contributed by atoms with Gasteiger partial charge in [-0.1, -0.05) is 29.0 Å². The van der Waals surface area contributed by atoms with Crippen molar-refractivity contribution in [3.63, 3.8) is 0 Å². The van der Waals surface area contributed by atoms with Crippen molar-refractivity contribution in [1.82, 2.24) is 14.8 Å². The lowest BCUT2D eigenvalue weighted by Crippen LogP contribution is -2.43. The standard InChI is InChI=1S/C23H27N3O3S/c1-27-21-9-8-20-23-17(14-24-20)12-18(13-19(21)23)26-10-4-5-11-28-30(29-26)22-7-3-2-6-16(22)15-25-30/h2-3,6-9,14,18,24-25H,4-5,10-13,15H2,1H3. The number of hydrogen-bond acceptors (Lipinski definition) is 5. The van der Waals surface area contributed by atoms with Crippen molar-refractivity contribution in [2.24, 2.45) is 0 Å². The molecular formula is C23H27N3O3S. The molecule has 0 saturated carbocycles. The summed E-state index contributed by atoms with van der Waals surface area (Å²) in [4.78, 5) is 4.61. The van der Waals surface area contributed by atoms with Gasteiger partial charge in [-0.05, 0) is 55.0 Å².